The van der Waals surface area contributed by atoms with Gasteiger partial charge in [0.15, 0.2) is 0 Å². The molecule has 0 bridgehead atoms. The van der Waals surface area contributed by atoms with Crippen molar-refractivity contribution >= 4 is 35.2 Å². The second-order valence-electron chi connectivity index (χ2n) is 7.84. The first-order valence-electron chi connectivity index (χ1n) is 10.3. The van der Waals surface area contributed by atoms with Crippen LogP contribution in [0.5, 0.6) is 0 Å². The van der Waals surface area contributed by atoms with Crippen LogP contribution in [-0.2, 0) is 9.59 Å². The fourth-order valence-electron chi connectivity index (χ4n) is 3.78. The summed E-state index contributed by atoms with van der Waals surface area (Å²) in [6.07, 6.45) is 5.15. The molecule has 1 aliphatic rings. The number of anilines is 1. The highest BCUT2D eigenvalue weighted by atomic mass is 32.2. The fourth-order valence-corrected chi connectivity index (χ4v) is 4.32. The number of nitrogens with one attached hydrogen (secondary N) is 2. The van der Waals surface area contributed by atoms with Crippen LogP contribution in [0.4, 0.5) is 5.69 Å². The molecule has 0 spiro atoms. The van der Waals surface area contributed by atoms with Gasteiger partial charge < -0.3 is 15.5 Å². The van der Waals surface area contributed by atoms with Crippen LogP contribution in [0.15, 0.2) is 41.6 Å². The number of rotatable bonds is 5. The number of pyridine rings is 1. The minimum Gasteiger partial charge on any atom is -0.348 e. The highest BCUT2D eigenvalue weighted by Gasteiger charge is 2.26. The van der Waals surface area contributed by atoms with Gasteiger partial charge in [-0.2, -0.15) is 0 Å². The Morgan fingerprint density at radius 2 is 1.77 bits per heavy atom. The number of hydrogen-bond acceptors (Lipinski definition) is 5. The van der Waals surface area contributed by atoms with Gasteiger partial charge in [0.05, 0.1) is 5.56 Å². The molecule has 164 valence electrons. The predicted molar refractivity (Wildman–Crippen MR) is 122 cm³/mol. The van der Waals surface area contributed by atoms with Crippen molar-refractivity contribution in [2.45, 2.75) is 31.7 Å². The average molecular weight is 441 g/mol. The van der Waals surface area contributed by atoms with E-state index in [1.807, 2.05) is 49.3 Å². The maximum absolute atomic E-state index is 12.8. The van der Waals surface area contributed by atoms with Gasteiger partial charge in [0.2, 0.25) is 0 Å². The van der Waals surface area contributed by atoms with Crippen molar-refractivity contribution in [2.75, 3.05) is 31.2 Å². The van der Waals surface area contributed by atoms with Crippen LogP contribution in [0.1, 0.15) is 34.3 Å². The minimum atomic E-state index is -0.668. The van der Waals surface area contributed by atoms with E-state index in [-0.39, 0.29) is 11.8 Å². The molecule has 1 aliphatic heterocycles. The first-order chi connectivity index (χ1) is 14.9. The van der Waals surface area contributed by atoms with Crippen LogP contribution in [0.25, 0.3) is 0 Å². The summed E-state index contributed by atoms with van der Waals surface area (Å²) in [5, 5.41) is 6.11. The summed E-state index contributed by atoms with van der Waals surface area (Å²) in [5.74, 6) is -1.08. The highest BCUT2D eigenvalue weighted by Crippen LogP contribution is 2.22. The lowest BCUT2D eigenvalue weighted by molar-refractivity contribution is -0.136. The van der Waals surface area contributed by atoms with E-state index in [0.29, 0.717) is 30.9 Å². The zero-order valence-corrected chi connectivity index (χ0v) is 18.9. The zero-order valence-electron chi connectivity index (χ0n) is 18.1. The molecule has 1 aromatic heterocycles. The largest absolute Gasteiger partial charge is 0.348 e. The van der Waals surface area contributed by atoms with E-state index in [1.165, 1.54) is 11.8 Å². The Hall–Kier alpha value is -2.87. The molecule has 2 heterocycles. The van der Waals surface area contributed by atoms with Gasteiger partial charge in [-0.05, 0) is 74.3 Å². The van der Waals surface area contributed by atoms with Crippen LogP contribution in [-0.4, -0.2) is 53.5 Å². The molecule has 0 atom stereocenters. The quantitative estimate of drug-likeness (QED) is 0.551. The molecule has 1 aromatic carbocycles. The number of nitrogens with zero attached hydrogens (tertiary/aromatic N) is 2. The number of aromatic nitrogens is 1. The number of piperidine rings is 1. The highest BCUT2D eigenvalue weighted by molar-refractivity contribution is 7.98. The van der Waals surface area contributed by atoms with Gasteiger partial charge in [0.1, 0.15) is 5.03 Å². The van der Waals surface area contributed by atoms with E-state index in [4.69, 9.17) is 0 Å². The summed E-state index contributed by atoms with van der Waals surface area (Å²) in [7, 11) is 0. The van der Waals surface area contributed by atoms with Crippen molar-refractivity contribution in [1.29, 1.82) is 0 Å². The summed E-state index contributed by atoms with van der Waals surface area (Å²) in [6, 6.07) is 9.24. The lowest BCUT2D eigenvalue weighted by Gasteiger charge is -2.32. The molecule has 2 N–H and O–H groups in total. The van der Waals surface area contributed by atoms with Crippen molar-refractivity contribution < 1.29 is 14.4 Å². The smallest absolute Gasteiger partial charge is 0.313 e. The molecule has 0 radical (unpaired) electrons. The lowest BCUT2D eigenvalue weighted by atomic mass is 9.96. The molecule has 2 aromatic rings. The van der Waals surface area contributed by atoms with E-state index < -0.39 is 11.8 Å². The summed E-state index contributed by atoms with van der Waals surface area (Å²) >= 11 is 1.46. The number of likely N-dealkylation sites (tertiary alicyclic amines) is 1. The number of benzene rings is 1. The van der Waals surface area contributed by atoms with Crippen molar-refractivity contribution in [3.8, 4) is 0 Å². The molecule has 31 heavy (non-hydrogen) atoms. The molecule has 3 amide bonds. The number of thioether (sulfide) groups is 1. The van der Waals surface area contributed by atoms with Crippen molar-refractivity contribution in [1.82, 2.24) is 15.2 Å². The van der Waals surface area contributed by atoms with E-state index in [9.17, 15) is 14.4 Å². The fraction of sp³-hybridized carbons (Fsp3) is 0.391. The Morgan fingerprint density at radius 3 is 2.42 bits per heavy atom. The number of carbonyl (C=O) groups is 3. The molecule has 1 saturated heterocycles. The van der Waals surface area contributed by atoms with Crippen molar-refractivity contribution in [3.63, 3.8) is 0 Å². The standard InChI is InChI=1S/C23H28N4O3S/c1-15-11-16(2)13-18(12-15)26-21(29)20(28)25-14-17-6-9-27(10-7-17)23(30)19-5-4-8-24-22(19)31-3/h4-5,8,11-13,17H,6-7,9-10,14H2,1-3H3,(H,25,28)(H,26,29). The van der Waals surface area contributed by atoms with Gasteiger partial charge in [-0.3, -0.25) is 14.4 Å². The van der Waals surface area contributed by atoms with Crippen LogP contribution < -0.4 is 10.6 Å². The van der Waals surface area contributed by atoms with Gasteiger partial charge in [0, 0.05) is 31.5 Å². The second kappa shape index (κ2) is 10.4. The summed E-state index contributed by atoms with van der Waals surface area (Å²) < 4.78 is 0. The maximum atomic E-state index is 12.8. The number of amides is 3. The molecular formula is C23H28N4O3S. The first-order valence-corrected chi connectivity index (χ1v) is 11.6. The molecule has 8 heteroatoms. The van der Waals surface area contributed by atoms with Crippen LogP contribution in [0.2, 0.25) is 0 Å². The Labute approximate surface area is 187 Å². The Morgan fingerprint density at radius 1 is 1.10 bits per heavy atom. The van der Waals surface area contributed by atoms with Gasteiger partial charge in [-0.15, -0.1) is 11.8 Å². The predicted octanol–water partition coefficient (Wildman–Crippen LogP) is 3.03. The molecule has 7 nitrogen and oxygen atoms in total. The lowest BCUT2D eigenvalue weighted by Crippen LogP contribution is -2.43. The normalized spacial score (nSPS) is 14.2. The third-order valence-corrected chi connectivity index (χ3v) is 6.05. The van der Waals surface area contributed by atoms with Gasteiger partial charge in [-0.1, -0.05) is 6.07 Å². The van der Waals surface area contributed by atoms with Crippen LogP contribution >= 0.6 is 11.8 Å². The summed E-state index contributed by atoms with van der Waals surface area (Å²) in [4.78, 5) is 43.3. The maximum Gasteiger partial charge on any atom is 0.313 e. The SMILES string of the molecule is CSc1ncccc1C(=O)N1CCC(CNC(=O)C(=O)Nc2cc(C)cc(C)c2)CC1. The number of hydrogen-bond donors (Lipinski definition) is 2. The average Bonchev–Trinajstić information content (AvgIpc) is 2.76. The molecule has 0 aliphatic carbocycles. The van der Waals surface area contributed by atoms with Gasteiger partial charge in [-0.25, -0.2) is 4.98 Å². The van der Waals surface area contributed by atoms with Gasteiger partial charge >= 0.3 is 11.8 Å². The molecule has 0 saturated carbocycles. The first kappa shape index (κ1) is 22.8. The third kappa shape index (κ3) is 6.07. The van der Waals surface area contributed by atoms with E-state index >= 15 is 0 Å². The minimum absolute atomic E-state index is 0.00670. The summed E-state index contributed by atoms with van der Waals surface area (Å²) in [6.45, 7) is 5.55. The topological polar surface area (TPSA) is 91.4 Å². The van der Waals surface area contributed by atoms with Crippen LogP contribution in [0.3, 0.4) is 0 Å². The van der Waals surface area contributed by atoms with E-state index in [1.54, 1.807) is 12.3 Å². The number of carbonyl (C=O) groups excluding carboxylic acids is 3. The van der Waals surface area contributed by atoms with Crippen molar-refractivity contribution in [2.24, 2.45) is 5.92 Å². The Balaban J connectivity index is 1.46. The van der Waals surface area contributed by atoms with E-state index in [2.05, 4.69) is 15.6 Å². The Kier molecular flexibility index (Phi) is 7.68. The molecule has 0 unspecified atom stereocenters. The molecular weight excluding hydrogens is 412 g/mol. The monoisotopic (exact) mass is 440 g/mol. The van der Waals surface area contributed by atoms with Gasteiger partial charge in [0.25, 0.3) is 5.91 Å². The van der Waals surface area contributed by atoms with Crippen LogP contribution in [0, 0.1) is 19.8 Å². The zero-order chi connectivity index (χ0) is 22.4. The summed E-state index contributed by atoms with van der Waals surface area (Å²) in [5.41, 5.74) is 3.29. The molecule has 1 fully saturated rings. The second-order valence-corrected chi connectivity index (χ2v) is 8.63. The third-order valence-electron chi connectivity index (χ3n) is 5.33. The van der Waals surface area contributed by atoms with Crippen molar-refractivity contribution in [3.05, 3.63) is 53.2 Å². The van der Waals surface area contributed by atoms with E-state index in [0.717, 1.165) is 29.0 Å². The number of aryl methyl sites for hydroxylation is 2. The Bertz CT molecular complexity index is 951. The molecule has 3 rings (SSSR count).